The molecule has 0 aliphatic rings. The highest BCUT2D eigenvalue weighted by Gasteiger charge is 2.13. The van der Waals surface area contributed by atoms with Crippen LogP contribution in [0.3, 0.4) is 0 Å². The Morgan fingerprint density at radius 3 is 2.93 bits per heavy atom. The molecule has 0 saturated heterocycles. The highest BCUT2D eigenvalue weighted by atomic mass is 32.2. The summed E-state index contributed by atoms with van der Waals surface area (Å²) in [5.74, 6) is 3.49. The first-order valence-electron chi connectivity index (χ1n) is 8.52. The predicted molar refractivity (Wildman–Crippen MR) is 103 cm³/mol. The second-order valence-corrected chi connectivity index (χ2v) is 6.80. The second kappa shape index (κ2) is 9.32. The third kappa shape index (κ3) is 5.40. The summed E-state index contributed by atoms with van der Waals surface area (Å²) >= 11 is 1.51. The summed E-state index contributed by atoms with van der Waals surface area (Å²) in [6, 6.07) is 11.5. The number of aryl methyl sites for hydroxylation is 1. The number of esters is 1. The van der Waals surface area contributed by atoms with Gasteiger partial charge in [0.1, 0.15) is 11.5 Å². The quantitative estimate of drug-likeness (QED) is 0.508. The maximum absolute atomic E-state index is 11.2. The molecule has 0 unspecified atom stereocenters. The summed E-state index contributed by atoms with van der Waals surface area (Å²) < 4.78 is 21.4. The van der Waals surface area contributed by atoms with E-state index in [2.05, 4.69) is 9.72 Å². The van der Waals surface area contributed by atoms with Crippen LogP contribution in [0.4, 0.5) is 0 Å². The fraction of sp³-hybridized carbons (Fsp3) is 0.300. The number of ether oxygens (including phenoxy) is 2. The fourth-order valence-corrected chi connectivity index (χ4v) is 3.27. The lowest BCUT2D eigenvalue weighted by Crippen LogP contribution is -2.04. The van der Waals surface area contributed by atoms with Gasteiger partial charge in [-0.25, -0.2) is 4.98 Å². The second-order valence-electron chi connectivity index (χ2n) is 5.81. The summed E-state index contributed by atoms with van der Waals surface area (Å²) in [6.45, 7) is 2.37. The number of nitrogens with zero attached hydrogens (tertiary/aromatic N) is 1. The number of methoxy groups -OCH3 is 1. The van der Waals surface area contributed by atoms with Gasteiger partial charge in [-0.1, -0.05) is 12.1 Å². The Hall–Kier alpha value is -2.67. The number of benzene rings is 1. The van der Waals surface area contributed by atoms with E-state index >= 15 is 0 Å². The lowest BCUT2D eigenvalue weighted by atomic mass is 10.2. The van der Waals surface area contributed by atoms with Gasteiger partial charge < -0.3 is 18.3 Å². The van der Waals surface area contributed by atoms with Gasteiger partial charge in [-0.2, -0.15) is 0 Å². The van der Waals surface area contributed by atoms with Crippen LogP contribution in [0.25, 0.3) is 11.7 Å². The largest absolute Gasteiger partial charge is 0.493 e. The van der Waals surface area contributed by atoms with Crippen molar-refractivity contribution in [1.29, 1.82) is 0 Å². The van der Waals surface area contributed by atoms with Gasteiger partial charge in [0.05, 0.1) is 31.4 Å². The van der Waals surface area contributed by atoms with Crippen molar-refractivity contribution in [3.8, 4) is 17.4 Å². The topological polar surface area (TPSA) is 74.7 Å². The summed E-state index contributed by atoms with van der Waals surface area (Å²) in [4.78, 5) is 15.6. The van der Waals surface area contributed by atoms with Crippen molar-refractivity contribution >= 4 is 17.7 Å². The van der Waals surface area contributed by atoms with Gasteiger partial charge in [0.2, 0.25) is 0 Å². The van der Waals surface area contributed by atoms with Crippen LogP contribution in [-0.4, -0.2) is 30.4 Å². The molecule has 3 rings (SSSR count). The lowest BCUT2D eigenvalue weighted by Gasteiger charge is -2.07. The smallest absolute Gasteiger partial charge is 0.315 e. The molecular formula is C20H21NO5S. The molecule has 3 aromatic rings. The van der Waals surface area contributed by atoms with Crippen molar-refractivity contribution in [3.05, 3.63) is 59.7 Å². The summed E-state index contributed by atoms with van der Waals surface area (Å²) in [6.07, 6.45) is 2.23. The van der Waals surface area contributed by atoms with Crippen molar-refractivity contribution in [2.75, 3.05) is 19.5 Å². The van der Waals surface area contributed by atoms with E-state index in [1.165, 1.54) is 18.9 Å². The number of hydrogen-bond acceptors (Lipinski definition) is 7. The Kier molecular flexibility index (Phi) is 6.59. The molecule has 0 amide bonds. The van der Waals surface area contributed by atoms with Crippen LogP contribution in [0.1, 0.15) is 17.0 Å². The number of rotatable bonds is 9. The Balaban J connectivity index is 1.50. The molecule has 0 aliphatic heterocycles. The van der Waals surface area contributed by atoms with E-state index in [-0.39, 0.29) is 5.97 Å². The van der Waals surface area contributed by atoms with Crippen molar-refractivity contribution < 1.29 is 23.1 Å². The number of thioether (sulfide) groups is 1. The summed E-state index contributed by atoms with van der Waals surface area (Å²) in [7, 11) is 1.39. The number of carbonyl (C=O) groups excluding carboxylic acids is 1. The molecule has 0 aliphatic carbocycles. The van der Waals surface area contributed by atoms with Crippen LogP contribution in [-0.2, 0) is 21.7 Å². The van der Waals surface area contributed by atoms with Crippen LogP contribution >= 0.6 is 11.8 Å². The van der Waals surface area contributed by atoms with E-state index in [1.54, 1.807) is 12.3 Å². The van der Waals surface area contributed by atoms with Crippen LogP contribution in [0.2, 0.25) is 0 Å². The Labute approximate surface area is 161 Å². The average Bonchev–Trinajstić information content (AvgIpc) is 3.32. The first-order valence-corrected chi connectivity index (χ1v) is 9.67. The van der Waals surface area contributed by atoms with Crippen LogP contribution < -0.4 is 4.74 Å². The van der Waals surface area contributed by atoms with Crippen LogP contribution in [0, 0.1) is 6.92 Å². The highest BCUT2D eigenvalue weighted by molar-refractivity contribution is 7.99. The Morgan fingerprint density at radius 2 is 2.15 bits per heavy atom. The van der Waals surface area contributed by atoms with E-state index in [0.717, 1.165) is 28.5 Å². The molecule has 0 N–H and O–H groups in total. The van der Waals surface area contributed by atoms with Crippen molar-refractivity contribution in [3.63, 3.8) is 0 Å². The van der Waals surface area contributed by atoms with Gasteiger partial charge in [-0.15, -0.1) is 11.8 Å². The summed E-state index contributed by atoms with van der Waals surface area (Å²) in [5, 5.41) is 0. The van der Waals surface area contributed by atoms with Crippen LogP contribution in [0.5, 0.6) is 5.75 Å². The minimum atomic E-state index is -0.218. The first kappa shape index (κ1) is 19.1. The normalized spacial score (nSPS) is 10.7. The molecular weight excluding hydrogens is 366 g/mol. The standard InChI is InChI=1S/C20H21NO5S/c1-14-17(21-20(26-14)18-7-4-9-25-18)8-10-24-16-6-3-5-15(11-16)12-27-13-19(22)23-2/h3-7,9,11H,8,10,12-13H2,1-2H3. The molecule has 6 nitrogen and oxygen atoms in total. The summed E-state index contributed by atoms with van der Waals surface area (Å²) in [5.41, 5.74) is 1.95. The monoisotopic (exact) mass is 387 g/mol. The van der Waals surface area contributed by atoms with Gasteiger partial charge in [0, 0.05) is 12.2 Å². The number of furan rings is 1. The molecule has 0 spiro atoms. The van der Waals surface area contributed by atoms with Gasteiger partial charge in [0.25, 0.3) is 5.89 Å². The average molecular weight is 387 g/mol. The molecule has 27 heavy (non-hydrogen) atoms. The minimum absolute atomic E-state index is 0.218. The predicted octanol–water partition coefficient (Wildman–Crippen LogP) is 4.27. The molecule has 2 heterocycles. The maximum atomic E-state index is 11.2. The van der Waals surface area contributed by atoms with Gasteiger partial charge >= 0.3 is 5.97 Å². The molecule has 142 valence electrons. The number of oxazole rings is 1. The van der Waals surface area contributed by atoms with Gasteiger partial charge in [-0.3, -0.25) is 4.79 Å². The minimum Gasteiger partial charge on any atom is -0.493 e. The molecule has 0 fully saturated rings. The number of carbonyl (C=O) groups is 1. The zero-order valence-corrected chi connectivity index (χ0v) is 16.1. The Morgan fingerprint density at radius 1 is 1.26 bits per heavy atom. The molecule has 7 heteroatoms. The van der Waals surface area contributed by atoms with E-state index in [1.807, 2.05) is 37.3 Å². The molecule has 0 radical (unpaired) electrons. The van der Waals surface area contributed by atoms with E-state index < -0.39 is 0 Å². The highest BCUT2D eigenvalue weighted by Crippen LogP contribution is 2.23. The van der Waals surface area contributed by atoms with E-state index in [4.69, 9.17) is 13.6 Å². The van der Waals surface area contributed by atoms with Crippen molar-refractivity contribution in [2.45, 2.75) is 19.1 Å². The third-order valence-corrected chi connectivity index (χ3v) is 4.82. The van der Waals surface area contributed by atoms with Crippen molar-refractivity contribution in [2.24, 2.45) is 0 Å². The van der Waals surface area contributed by atoms with Gasteiger partial charge in [0.15, 0.2) is 5.76 Å². The molecule has 0 atom stereocenters. The molecule has 1 aromatic carbocycles. The molecule has 0 bridgehead atoms. The maximum Gasteiger partial charge on any atom is 0.315 e. The van der Waals surface area contributed by atoms with Gasteiger partial charge in [-0.05, 0) is 36.8 Å². The van der Waals surface area contributed by atoms with E-state index in [0.29, 0.717) is 30.4 Å². The fourth-order valence-electron chi connectivity index (χ4n) is 2.47. The van der Waals surface area contributed by atoms with Crippen molar-refractivity contribution in [1.82, 2.24) is 4.98 Å². The molecule has 0 saturated carbocycles. The lowest BCUT2D eigenvalue weighted by molar-refractivity contribution is -0.137. The number of hydrogen-bond donors (Lipinski definition) is 0. The molecule has 2 aromatic heterocycles. The zero-order chi connectivity index (χ0) is 19.1. The van der Waals surface area contributed by atoms with E-state index in [9.17, 15) is 4.79 Å². The number of aromatic nitrogens is 1. The third-order valence-electron chi connectivity index (χ3n) is 3.85. The zero-order valence-electron chi connectivity index (χ0n) is 15.3. The van der Waals surface area contributed by atoms with Crippen LogP contribution in [0.15, 0.2) is 51.5 Å². The Bertz CT molecular complexity index is 872. The first-order chi connectivity index (χ1) is 13.2. The SMILES string of the molecule is COC(=O)CSCc1cccc(OCCc2nc(-c3ccco3)oc2C)c1.